The minimum Gasteiger partial charge on any atom is -0.344 e. The van der Waals surface area contributed by atoms with Gasteiger partial charge >= 0.3 is 0 Å². The monoisotopic (exact) mass is 454 g/mol. The zero-order valence-corrected chi connectivity index (χ0v) is 20.3. The highest BCUT2D eigenvalue weighted by atomic mass is 35.5. The van der Waals surface area contributed by atoms with Crippen LogP contribution < -0.4 is 23.4 Å². The first-order valence-corrected chi connectivity index (χ1v) is 9.75. The summed E-state index contributed by atoms with van der Waals surface area (Å²) < 4.78 is 0. The van der Waals surface area contributed by atoms with Gasteiger partial charge in [0, 0.05) is 6.42 Å². The van der Waals surface area contributed by atoms with Crippen LogP contribution in [-0.4, -0.2) is 12.1 Å². The molecule has 5 nitrogen and oxygen atoms in total. The van der Waals surface area contributed by atoms with Crippen LogP contribution in [0.25, 0.3) is 0 Å². The first-order valence-electron chi connectivity index (χ1n) is 9.75. The molecule has 0 heterocycles. The van der Waals surface area contributed by atoms with Crippen molar-refractivity contribution in [3.8, 4) is 0 Å². The molecule has 0 saturated carbocycles. The number of carbonyl (C=O) groups is 1. The number of nitrogens with two attached hydrogens (primary N) is 1. The van der Waals surface area contributed by atoms with Crippen molar-refractivity contribution >= 4 is 43.1 Å². The van der Waals surface area contributed by atoms with Crippen LogP contribution in [0.5, 0.6) is 0 Å². The van der Waals surface area contributed by atoms with Crippen LogP contribution in [0.1, 0.15) is 110 Å². The summed E-state index contributed by atoms with van der Waals surface area (Å²) in [5.41, 5.74) is 5.69. The zero-order chi connectivity index (χ0) is 16.5. The van der Waals surface area contributed by atoms with E-state index < -0.39 is 0 Å². The molecule has 0 aliphatic rings. The van der Waals surface area contributed by atoms with Gasteiger partial charge in [0.15, 0.2) is 0 Å². The highest BCUT2D eigenvalue weighted by molar-refractivity contribution is 5.86. The molecular formula is C19H49Cl3N4O. The van der Waals surface area contributed by atoms with Gasteiger partial charge in [0.05, 0.1) is 6.17 Å². The Morgan fingerprint density at radius 1 is 0.704 bits per heavy atom. The number of rotatable bonds is 16. The number of halogens is 3. The predicted octanol–water partition coefficient (Wildman–Crippen LogP) is 6.87. The van der Waals surface area contributed by atoms with Crippen LogP contribution in [0.4, 0.5) is 0 Å². The smallest absolute Gasteiger partial charge is 0.221 e. The lowest BCUT2D eigenvalue weighted by Crippen LogP contribution is -2.40. The van der Waals surface area contributed by atoms with Gasteiger partial charge in [-0.25, -0.2) is 0 Å². The molecule has 1 amide bonds. The summed E-state index contributed by atoms with van der Waals surface area (Å²) in [4.78, 5) is 11.5. The predicted molar refractivity (Wildman–Crippen MR) is 129 cm³/mol. The normalized spacial score (nSPS) is 10.0. The third-order valence-corrected chi connectivity index (χ3v) is 4.29. The first-order chi connectivity index (χ1) is 10.7. The second-order valence-corrected chi connectivity index (χ2v) is 6.57. The molecule has 0 saturated heterocycles. The van der Waals surface area contributed by atoms with Gasteiger partial charge in [0.2, 0.25) is 5.91 Å². The van der Waals surface area contributed by atoms with Gasteiger partial charge in [-0.05, 0) is 12.8 Å². The second-order valence-electron chi connectivity index (χ2n) is 6.57. The fourth-order valence-electron chi connectivity index (χ4n) is 2.68. The van der Waals surface area contributed by atoms with E-state index in [1.54, 1.807) is 0 Å². The molecule has 0 rings (SSSR count). The third-order valence-electron chi connectivity index (χ3n) is 4.29. The Balaban J connectivity index is -0.000000220. The van der Waals surface area contributed by atoms with Gasteiger partial charge in [-0.15, -0.1) is 37.2 Å². The Hall–Kier alpha value is 0.220. The largest absolute Gasteiger partial charge is 0.344 e. The van der Waals surface area contributed by atoms with Crippen molar-refractivity contribution < 1.29 is 4.79 Å². The van der Waals surface area contributed by atoms with E-state index in [0.717, 1.165) is 12.8 Å². The van der Waals surface area contributed by atoms with Crippen molar-refractivity contribution in [3.05, 3.63) is 0 Å². The molecule has 172 valence electrons. The molecule has 0 spiro atoms. The summed E-state index contributed by atoms with van der Waals surface area (Å²) in [6.07, 6.45) is 18.6. The van der Waals surface area contributed by atoms with Crippen molar-refractivity contribution in [1.29, 1.82) is 0 Å². The molecule has 0 aromatic rings. The minimum absolute atomic E-state index is 0. The molecule has 27 heavy (non-hydrogen) atoms. The molecule has 0 aromatic heterocycles. The number of nitrogens with one attached hydrogen (secondary N) is 1. The number of hydrogen-bond donors (Lipinski definition) is 4. The molecule has 0 radical (unpaired) electrons. The minimum atomic E-state index is -0.172. The van der Waals surface area contributed by atoms with Crippen LogP contribution in [-0.2, 0) is 4.79 Å². The number of hydrogen-bond acceptors (Lipinski definition) is 4. The summed E-state index contributed by atoms with van der Waals surface area (Å²) in [6.45, 7) is 4.25. The average Bonchev–Trinajstić information content (AvgIpc) is 2.51. The SMILES string of the molecule is CCCCCCCCCCCCCCCC(=O)NC(N)CC.Cl.Cl.Cl.N.N. The topological polar surface area (TPSA) is 125 Å². The first kappa shape index (κ1) is 41.6. The van der Waals surface area contributed by atoms with Crippen LogP contribution in [0.3, 0.4) is 0 Å². The molecule has 1 unspecified atom stereocenters. The van der Waals surface area contributed by atoms with E-state index in [4.69, 9.17) is 5.73 Å². The number of unbranched alkanes of at least 4 members (excludes halogenated alkanes) is 12. The van der Waals surface area contributed by atoms with Crippen molar-refractivity contribution in [1.82, 2.24) is 17.6 Å². The third kappa shape index (κ3) is 34.2. The van der Waals surface area contributed by atoms with E-state index in [9.17, 15) is 4.79 Å². The van der Waals surface area contributed by atoms with Crippen molar-refractivity contribution in [2.75, 3.05) is 0 Å². The molecule has 0 bridgehead atoms. The lowest BCUT2D eigenvalue weighted by Gasteiger charge is -2.10. The molecule has 0 aliphatic carbocycles. The molecule has 9 N–H and O–H groups in total. The van der Waals surface area contributed by atoms with Gasteiger partial charge in [0.1, 0.15) is 0 Å². The van der Waals surface area contributed by atoms with Gasteiger partial charge in [0.25, 0.3) is 0 Å². The summed E-state index contributed by atoms with van der Waals surface area (Å²) in [7, 11) is 0. The maximum atomic E-state index is 11.5. The van der Waals surface area contributed by atoms with E-state index in [0.29, 0.717) is 6.42 Å². The highest BCUT2D eigenvalue weighted by Crippen LogP contribution is 2.12. The van der Waals surface area contributed by atoms with Crippen molar-refractivity contribution in [3.63, 3.8) is 0 Å². The van der Waals surface area contributed by atoms with Gasteiger partial charge in [-0.1, -0.05) is 90.9 Å². The van der Waals surface area contributed by atoms with Crippen LogP contribution >= 0.6 is 37.2 Å². The summed E-state index contributed by atoms with van der Waals surface area (Å²) in [5, 5.41) is 2.81. The Morgan fingerprint density at radius 3 is 1.37 bits per heavy atom. The van der Waals surface area contributed by atoms with Gasteiger partial charge < -0.3 is 23.4 Å². The Morgan fingerprint density at radius 2 is 1.04 bits per heavy atom. The van der Waals surface area contributed by atoms with Crippen LogP contribution in [0.2, 0.25) is 0 Å². The molecule has 0 fully saturated rings. The fourth-order valence-corrected chi connectivity index (χ4v) is 2.68. The molecule has 1 atom stereocenters. The van der Waals surface area contributed by atoms with Crippen molar-refractivity contribution in [2.24, 2.45) is 5.73 Å². The zero-order valence-electron chi connectivity index (χ0n) is 17.8. The molecule has 8 heteroatoms. The van der Waals surface area contributed by atoms with Gasteiger partial charge in [-0.3, -0.25) is 4.79 Å². The quantitative estimate of drug-likeness (QED) is 0.149. The van der Waals surface area contributed by atoms with E-state index in [1.807, 2.05) is 6.92 Å². The molecule has 0 aromatic carbocycles. The standard InChI is InChI=1S/C19H40N2O.3ClH.2H3N/c1-3-5-6-7-8-9-10-11-12-13-14-15-16-17-19(22)21-18(20)4-2;;;;;/h18H,3-17,20H2,1-2H3,(H,21,22);3*1H;2*1H3. The van der Waals surface area contributed by atoms with Crippen molar-refractivity contribution in [2.45, 2.75) is 116 Å². The van der Waals surface area contributed by atoms with E-state index in [2.05, 4.69) is 12.2 Å². The van der Waals surface area contributed by atoms with Crippen LogP contribution in [0.15, 0.2) is 0 Å². The Kier molecular flexibility index (Phi) is 52.0. The van der Waals surface area contributed by atoms with E-state index in [-0.39, 0.29) is 61.6 Å². The molecular weight excluding hydrogens is 407 g/mol. The fraction of sp³-hybridized carbons (Fsp3) is 0.947. The number of amides is 1. The van der Waals surface area contributed by atoms with E-state index >= 15 is 0 Å². The second kappa shape index (κ2) is 33.8. The number of carbonyl (C=O) groups excluding carboxylic acids is 1. The molecule has 0 aliphatic heterocycles. The Bertz CT molecular complexity index is 263. The van der Waals surface area contributed by atoms with E-state index in [1.165, 1.54) is 77.0 Å². The highest BCUT2D eigenvalue weighted by Gasteiger charge is 2.04. The maximum absolute atomic E-state index is 11.5. The average molecular weight is 456 g/mol. The maximum Gasteiger partial charge on any atom is 0.221 e. The summed E-state index contributed by atoms with van der Waals surface area (Å²) in [5.74, 6) is 0.109. The van der Waals surface area contributed by atoms with Crippen LogP contribution in [0, 0.1) is 0 Å². The lowest BCUT2D eigenvalue weighted by molar-refractivity contribution is -0.121. The Labute approximate surface area is 187 Å². The lowest BCUT2D eigenvalue weighted by atomic mass is 10.0. The summed E-state index contributed by atoms with van der Waals surface area (Å²) >= 11 is 0. The summed E-state index contributed by atoms with van der Waals surface area (Å²) in [6, 6.07) is 0. The van der Waals surface area contributed by atoms with Gasteiger partial charge in [-0.2, -0.15) is 0 Å².